The number of carbonyl (C=O) groups is 11. The van der Waals surface area contributed by atoms with Gasteiger partial charge in [-0.2, -0.15) is 0 Å². The quantitative estimate of drug-likeness (QED) is 0.0324. The Morgan fingerprint density at radius 1 is 0.531 bits per heavy atom. The fourth-order valence-corrected chi connectivity index (χ4v) is 8.44. The molecule has 14 atom stereocenters. The summed E-state index contributed by atoms with van der Waals surface area (Å²) in [5, 5.41) is 59.4. The molecule has 30 nitrogen and oxygen atoms in total. The third-order valence-corrected chi connectivity index (χ3v) is 13.4. The fourth-order valence-electron chi connectivity index (χ4n) is 8.44. The van der Waals surface area contributed by atoms with Crippen LogP contribution in [0.3, 0.4) is 0 Å². The number of carbonyl (C=O) groups excluding carboxylic acids is 11. The minimum atomic E-state index is -1.76. The highest BCUT2D eigenvalue weighted by Gasteiger charge is 2.38. The van der Waals surface area contributed by atoms with Crippen molar-refractivity contribution in [2.24, 2.45) is 40.5 Å². The lowest BCUT2D eigenvalue weighted by Gasteiger charge is -2.29. The maximum atomic E-state index is 14.3. The normalized spacial score (nSPS) is 23.9. The van der Waals surface area contributed by atoms with E-state index in [9.17, 15) is 68.1 Å². The highest BCUT2D eigenvalue weighted by Crippen LogP contribution is 2.13. The third kappa shape index (κ3) is 26.5. The minimum absolute atomic E-state index is 0.0158. The Morgan fingerprint density at radius 3 is 1.44 bits per heavy atom. The summed E-state index contributed by atoms with van der Waals surface area (Å²) in [5.41, 5.74) is 29.1. The van der Waals surface area contributed by atoms with Crippen molar-refractivity contribution < 1.29 is 68.1 Å². The summed E-state index contributed by atoms with van der Waals surface area (Å²) < 4.78 is 0. The second-order valence-corrected chi connectivity index (χ2v) is 21.0. The van der Waals surface area contributed by atoms with Gasteiger partial charge in [-0.25, -0.2) is 0 Å². The Kier molecular flexibility index (Phi) is 34.7. The maximum Gasteiger partial charge on any atom is 0.245 e. The van der Waals surface area contributed by atoms with E-state index in [0.29, 0.717) is 12.3 Å². The average Bonchev–Trinajstić information content (AvgIpc) is 3.40. The average molecular weight is 1160 g/mol. The van der Waals surface area contributed by atoms with E-state index >= 15 is 0 Å². The van der Waals surface area contributed by atoms with E-state index in [-0.39, 0.29) is 83.6 Å². The molecule has 1 saturated heterocycles. The second-order valence-electron chi connectivity index (χ2n) is 21.0. The summed E-state index contributed by atoms with van der Waals surface area (Å²) in [5.74, 6) is -10.1. The van der Waals surface area contributed by atoms with E-state index in [4.69, 9.17) is 28.7 Å². The Labute approximate surface area is 474 Å². The minimum Gasteiger partial charge on any atom is -0.391 e. The van der Waals surface area contributed by atoms with Gasteiger partial charge in [-0.05, 0) is 117 Å². The highest BCUT2D eigenvalue weighted by molar-refractivity contribution is 5.99. The molecule has 0 unspecified atom stereocenters. The van der Waals surface area contributed by atoms with Crippen molar-refractivity contribution in [2.45, 2.75) is 204 Å². The number of nitrogens with one attached hydrogen (secondary N) is 11. The molecule has 1 aliphatic rings. The molecule has 30 heteroatoms. The van der Waals surface area contributed by atoms with Gasteiger partial charge in [-0.15, -0.1) is 0 Å². The van der Waals surface area contributed by atoms with E-state index in [2.05, 4.69) is 72.3 Å². The molecule has 1 rings (SSSR count). The van der Waals surface area contributed by atoms with Crippen molar-refractivity contribution in [1.29, 1.82) is 0 Å². The number of amides is 11. The number of nitrogens with two attached hydrogens (primary N) is 5. The molecule has 81 heavy (non-hydrogen) atoms. The lowest BCUT2D eigenvalue weighted by atomic mass is 10.0. The van der Waals surface area contributed by atoms with Crippen LogP contribution in [0.4, 0.5) is 0 Å². The third-order valence-electron chi connectivity index (χ3n) is 13.4. The van der Waals surface area contributed by atoms with Crippen LogP contribution in [0.1, 0.15) is 126 Å². The van der Waals surface area contributed by atoms with Crippen LogP contribution >= 0.6 is 0 Å². The first kappa shape index (κ1) is 72.9. The van der Waals surface area contributed by atoms with Crippen LogP contribution in [0.2, 0.25) is 0 Å². The molecule has 464 valence electrons. The Hall–Kier alpha value is -6.15. The largest absolute Gasteiger partial charge is 0.391 e. The van der Waals surface area contributed by atoms with Crippen LogP contribution in [0.15, 0.2) is 0 Å². The summed E-state index contributed by atoms with van der Waals surface area (Å²) in [4.78, 5) is 152. The van der Waals surface area contributed by atoms with E-state index in [1.54, 1.807) is 13.8 Å². The molecular formula is C51H96N16O14. The van der Waals surface area contributed by atoms with Gasteiger partial charge in [-0.1, -0.05) is 47.0 Å². The molecule has 24 N–H and O–H groups in total. The van der Waals surface area contributed by atoms with Gasteiger partial charge < -0.3 is 102 Å². The van der Waals surface area contributed by atoms with E-state index in [1.807, 2.05) is 0 Å². The van der Waals surface area contributed by atoms with Crippen molar-refractivity contribution in [3.63, 3.8) is 0 Å². The van der Waals surface area contributed by atoms with Gasteiger partial charge in [0.1, 0.15) is 60.4 Å². The molecule has 1 fully saturated rings. The monoisotopic (exact) mass is 1160 g/mol. The van der Waals surface area contributed by atoms with Crippen molar-refractivity contribution in [2.75, 3.05) is 39.3 Å². The van der Waals surface area contributed by atoms with Crippen molar-refractivity contribution in [3.05, 3.63) is 0 Å². The number of aliphatic hydroxyl groups excluding tert-OH is 3. The zero-order valence-electron chi connectivity index (χ0n) is 48.1. The smallest absolute Gasteiger partial charge is 0.245 e. The maximum absolute atomic E-state index is 14.3. The van der Waals surface area contributed by atoms with Crippen LogP contribution in [0.25, 0.3) is 0 Å². The summed E-state index contributed by atoms with van der Waals surface area (Å²) in [6.45, 7) is 9.91. The van der Waals surface area contributed by atoms with Crippen LogP contribution in [-0.2, 0) is 52.7 Å². The fraction of sp³-hybridized carbons (Fsp3) is 0.784. The van der Waals surface area contributed by atoms with Crippen molar-refractivity contribution in [1.82, 2.24) is 58.5 Å². The zero-order chi connectivity index (χ0) is 61.5. The molecular weight excluding hydrogens is 1060 g/mol. The Morgan fingerprint density at radius 2 is 0.988 bits per heavy atom. The lowest BCUT2D eigenvalue weighted by Crippen LogP contribution is -2.62. The standard InChI is InChI=1S/C51H96N16O14/c1-8-27(4)11-9-10-12-38(71)58-31(13-19-52)45(75)66-40(29(6)69)50(80)63-33(15-21-54)43(73)62-36-18-24-57-49(79)39(28(5)68)65-46(76)34(16-22-55)59-42(72)32(14-20-53)61-48(78)37(25-26(2)3)64-51(81)41(30(7)70)67-47(77)35(17-23-56)60-44(36)74/h26-37,39-41,68-70H,8-25,52-56H2,1-7H3,(H,57,79)(H,58,71)(H,59,72)(H,60,74)(H,61,78)(H,62,73)(H,63,80)(H,64,81)(H,65,76)(H,66,75)(H,67,77)/t27-,28+,29+,30+,31-,32-,33-,34-,35-,36-,37-,39-,40-,41-/m0/s1. The van der Waals surface area contributed by atoms with Gasteiger partial charge in [0, 0.05) is 13.0 Å². The van der Waals surface area contributed by atoms with Crippen molar-refractivity contribution >= 4 is 65.0 Å². The molecule has 0 aromatic heterocycles. The van der Waals surface area contributed by atoms with Crippen LogP contribution in [0.5, 0.6) is 0 Å². The molecule has 0 spiro atoms. The summed E-state index contributed by atoms with van der Waals surface area (Å²) in [6, 6.07) is -15.4. The van der Waals surface area contributed by atoms with Crippen LogP contribution in [0, 0.1) is 11.8 Å². The molecule has 0 aliphatic carbocycles. The first-order valence-corrected chi connectivity index (χ1v) is 28.0. The summed E-state index contributed by atoms with van der Waals surface area (Å²) >= 11 is 0. The topological polar surface area (TPSA) is 511 Å². The zero-order valence-corrected chi connectivity index (χ0v) is 48.1. The van der Waals surface area contributed by atoms with Gasteiger partial charge in [0.15, 0.2) is 0 Å². The molecule has 0 aromatic rings. The predicted octanol–water partition coefficient (Wildman–Crippen LogP) is -7.11. The first-order chi connectivity index (χ1) is 38.2. The van der Waals surface area contributed by atoms with E-state index < -0.39 is 157 Å². The molecule has 0 saturated carbocycles. The number of rotatable bonds is 28. The van der Waals surface area contributed by atoms with E-state index in [1.165, 1.54) is 20.8 Å². The number of hydrogen-bond donors (Lipinski definition) is 19. The molecule has 0 bridgehead atoms. The molecule has 0 radical (unpaired) electrons. The predicted molar refractivity (Wildman–Crippen MR) is 298 cm³/mol. The van der Waals surface area contributed by atoms with Gasteiger partial charge in [0.2, 0.25) is 65.0 Å². The van der Waals surface area contributed by atoms with Gasteiger partial charge in [0.05, 0.1) is 18.3 Å². The van der Waals surface area contributed by atoms with Gasteiger partial charge >= 0.3 is 0 Å². The van der Waals surface area contributed by atoms with Crippen LogP contribution < -0.4 is 87.2 Å². The number of aliphatic hydroxyl groups is 3. The van der Waals surface area contributed by atoms with Gasteiger partial charge in [-0.3, -0.25) is 52.7 Å². The molecule has 1 aliphatic heterocycles. The summed E-state index contributed by atoms with van der Waals surface area (Å²) in [6.07, 6.45) is -2.81. The number of hydrogen-bond acceptors (Lipinski definition) is 19. The van der Waals surface area contributed by atoms with E-state index in [0.717, 1.165) is 19.3 Å². The first-order valence-electron chi connectivity index (χ1n) is 28.0. The lowest BCUT2D eigenvalue weighted by molar-refractivity contribution is -0.137. The van der Waals surface area contributed by atoms with Gasteiger partial charge in [0.25, 0.3) is 0 Å². The second kappa shape index (κ2) is 38.5. The molecule has 0 aromatic carbocycles. The Bertz CT molecular complexity index is 2050. The SMILES string of the molecule is CC[C@H](C)CCCCC(=O)N[C@@H](CCN)C(=O)N[C@H](C(=O)N[C@@H](CCN)C(=O)N[C@H]1CCNC(=O)[C@H]([C@@H](C)O)NC(=O)[C@H](CCN)NC(=O)[C@H](CCN)NC(=O)[C@H](CC(C)C)NC(=O)[C@H]([C@@H](C)O)NC(=O)[C@H](CCN)NC1=O)[C@@H](C)O. The van der Waals surface area contributed by atoms with Crippen molar-refractivity contribution in [3.8, 4) is 0 Å². The molecule has 11 amide bonds. The van der Waals surface area contributed by atoms with Crippen LogP contribution in [-0.4, -0.2) is 198 Å². The summed E-state index contributed by atoms with van der Waals surface area (Å²) in [7, 11) is 0. The molecule has 1 heterocycles. The highest BCUT2D eigenvalue weighted by atomic mass is 16.3. The number of unbranched alkanes of at least 4 members (excludes halogenated alkanes) is 1. The Balaban J connectivity index is 3.78.